The molecule has 3 aromatic rings. The van der Waals surface area contributed by atoms with E-state index in [1.807, 2.05) is 6.92 Å². The minimum absolute atomic E-state index is 0.111. The molecule has 0 fully saturated rings. The molecule has 1 N–H and O–H groups in total. The number of aromatic amines is 1. The van der Waals surface area contributed by atoms with E-state index in [1.165, 1.54) is 0 Å². The number of H-pyrrole nitrogens is 1. The van der Waals surface area contributed by atoms with Crippen LogP contribution >= 0.6 is 11.6 Å². The molecule has 0 atom stereocenters. The molecule has 1 aromatic carbocycles. The number of ether oxygens (including phenoxy) is 1. The molecule has 0 saturated carbocycles. The fourth-order valence-corrected chi connectivity index (χ4v) is 2.47. The quantitative estimate of drug-likeness (QED) is 0.763. The molecule has 6 nitrogen and oxygen atoms in total. The van der Waals surface area contributed by atoms with Crippen LogP contribution in [0.1, 0.15) is 12.6 Å². The minimum atomic E-state index is -4.54. The first kappa shape index (κ1) is 17.3. The van der Waals surface area contributed by atoms with Crippen molar-refractivity contribution in [3.05, 3.63) is 45.5 Å². The highest BCUT2D eigenvalue weighted by Gasteiger charge is 2.29. The maximum atomic E-state index is 12.3. The molecule has 0 aliphatic carbocycles. The zero-order chi connectivity index (χ0) is 18.2. The van der Waals surface area contributed by atoms with E-state index < -0.39 is 24.5 Å². The summed E-state index contributed by atoms with van der Waals surface area (Å²) in [6.45, 7) is 0.285. The highest BCUT2D eigenvalue weighted by molar-refractivity contribution is 6.30. The van der Waals surface area contributed by atoms with Gasteiger partial charge in [-0.3, -0.25) is 4.98 Å². The Bertz CT molecular complexity index is 964. The number of aryl methyl sites for hydroxylation is 1. The fraction of sp³-hybridized carbons (Fsp3) is 0.267. The van der Waals surface area contributed by atoms with Gasteiger partial charge in [-0.2, -0.15) is 27.8 Å². The van der Waals surface area contributed by atoms with Crippen LogP contribution in [-0.4, -0.2) is 32.4 Å². The Morgan fingerprint density at radius 3 is 2.56 bits per heavy atom. The van der Waals surface area contributed by atoms with Crippen LogP contribution in [0.25, 0.3) is 16.8 Å². The Balaban J connectivity index is 2.16. The van der Waals surface area contributed by atoms with Crippen molar-refractivity contribution < 1.29 is 17.9 Å². The number of alkyl halides is 3. The maximum absolute atomic E-state index is 12.3. The third kappa shape index (κ3) is 3.60. The molecule has 0 aliphatic rings. The zero-order valence-corrected chi connectivity index (χ0v) is 13.6. The summed E-state index contributed by atoms with van der Waals surface area (Å²) in [7, 11) is 0. The van der Waals surface area contributed by atoms with E-state index >= 15 is 0 Å². The zero-order valence-electron chi connectivity index (χ0n) is 12.9. The summed E-state index contributed by atoms with van der Waals surface area (Å²) >= 11 is 5.88. The highest BCUT2D eigenvalue weighted by atomic mass is 35.5. The molecule has 3 rings (SSSR count). The third-order valence-corrected chi connectivity index (χ3v) is 3.64. The second kappa shape index (κ2) is 6.40. The van der Waals surface area contributed by atoms with Crippen molar-refractivity contribution in [3.63, 3.8) is 0 Å². The smallest absolute Gasteiger partial charge is 0.422 e. The Kier molecular flexibility index (Phi) is 4.42. The Hall–Kier alpha value is -2.55. The predicted molar refractivity (Wildman–Crippen MR) is 85.0 cm³/mol. The Labute approximate surface area is 144 Å². The topological polar surface area (TPSA) is 72.3 Å². The van der Waals surface area contributed by atoms with Gasteiger partial charge < -0.3 is 4.74 Å². The number of hydrogen-bond donors (Lipinski definition) is 1. The second-order valence-electron chi connectivity index (χ2n) is 5.17. The van der Waals surface area contributed by atoms with E-state index in [1.54, 1.807) is 24.3 Å². The molecular formula is C15H12ClF3N4O2. The second-order valence-corrected chi connectivity index (χ2v) is 5.60. The van der Waals surface area contributed by atoms with Gasteiger partial charge in [-0.25, -0.2) is 4.79 Å². The van der Waals surface area contributed by atoms with Gasteiger partial charge in [0.15, 0.2) is 12.3 Å². The number of benzene rings is 1. The van der Waals surface area contributed by atoms with Gasteiger partial charge in [-0.1, -0.05) is 30.7 Å². The van der Waals surface area contributed by atoms with E-state index in [2.05, 4.69) is 19.8 Å². The van der Waals surface area contributed by atoms with Crippen molar-refractivity contribution in [2.24, 2.45) is 0 Å². The van der Waals surface area contributed by atoms with Crippen LogP contribution in [0.5, 0.6) is 6.01 Å². The number of hydrogen-bond acceptors (Lipinski definition) is 4. The number of nitrogens with zero attached hydrogens (tertiary/aromatic N) is 3. The van der Waals surface area contributed by atoms with Crippen LogP contribution in [0.3, 0.4) is 0 Å². The summed E-state index contributed by atoms with van der Waals surface area (Å²) in [4.78, 5) is 18.2. The molecule has 0 spiro atoms. The number of rotatable bonds is 4. The SMILES string of the molecule is CCc1nn2c(=O)[nH]c(OCC(F)(F)F)nc2c1-c1ccc(Cl)cc1. The van der Waals surface area contributed by atoms with Gasteiger partial charge in [0, 0.05) is 5.02 Å². The van der Waals surface area contributed by atoms with Crippen molar-refractivity contribution >= 4 is 17.2 Å². The van der Waals surface area contributed by atoms with Gasteiger partial charge in [0.1, 0.15) is 0 Å². The van der Waals surface area contributed by atoms with Gasteiger partial charge >= 0.3 is 11.9 Å². The van der Waals surface area contributed by atoms with Gasteiger partial charge in [0.05, 0.1) is 11.3 Å². The van der Waals surface area contributed by atoms with Crippen molar-refractivity contribution in [2.45, 2.75) is 19.5 Å². The molecule has 0 saturated heterocycles. The van der Waals surface area contributed by atoms with E-state index in [9.17, 15) is 18.0 Å². The van der Waals surface area contributed by atoms with Crippen LogP contribution in [0.15, 0.2) is 29.1 Å². The molecule has 0 unspecified atom stereocenters. The molecule has 25 heavy (non-hydrogen) atoms. The molecule has 0 radical (unpaired) electrons. The molecule has 0 amide bonds. The summed E-state index contributed by atoms with van der Waals surface area (Å²) in [5.41, 5.74) is 1.18. The van der Waals surface area contributed by atoms with E-state index in [4.69, 9.17) is 11.6 Å². The number of nitrogens with one attached hydrogen (secondary N) is 1. The first-order chi connectivity index (χ1) is 11.8. The molecule has 2 heterocycles. The van der Waals surface area contributed by atoms with E-state index in [-0.39, 0.29) is 5.65 Å². The standard InChI is InChI=1S/C15H12ClF3N4O2/c1-2-10-11(8-3-5-9(16)6-4-8)12-20-13(25-7-15(17,18)19)21-14(24)23(12)22-10/h3-6H,2,7H2,1H3,(H,20,21,24). The average Bonchev–Trinajstić information content (AvgIpc) is 2.92. The van der Waals surface area contributed by atoms with Crippen LogP contribution in [0, 0.1) is 0 Å². The lowest BCUT2D eigenvalue weighted by molar-refractivity contribution is -0.154. The van der Waals surface area contributed by atoms with Gasteiger partial charge in [0.2, 0.25) is 0 Å². The van der Waals surface area contributed by atoms with E-state index in [0.29, 0.717) is 28.3 Å². The number of halogens is 4. The van der Waals surface area contributed by atoms with Crippen molar-refractivity contribution in [1.29, 1.82) is 0 Å². The van der Waals surface area contributed by atoms with Crippen molar-refractivity contribution in [1.82, 2.24) is 19.6 Å². The summed E-state index contributed by atoms with van der Waals surface area (Å²) in [6.07, 6.45) is -4.04. The molecular weight excluding hydrogens is 361 g/mol. The van der Waals surface area contributed by atoms with E-state index in [0.717, 1.165) is 4.52 Å². The van der Waals surface area contributed by atoms with Crippen molar-refractivity contribution in [2.75, 3.05) is 6.61 Å². The Morgan fingerprint density at radius 1 is 1.28 bits per heavy atom. The highest BCUT2D eigenvalue weighted by Crippen LogP contribution is 2.29. The van der Waals surface area contributed by atoms with Crippen LogP contribution in [0.4, 0.5) is 13.2 Å². The summed E-state index contributed by atoms with van der Waals surface area (Å²) in [5.74, 6) is 0. The monoisotopic (exact) mass is 372 g/mol. The number of aromatic nitrogens is 4. The molecule has 0 aliphatic heterocycles. The van der Waals surface area contributed by atoms with Crippen molar-refractivity contribution in [3.8, 4) is 17.1 Å². The molecule has 10 heteroatoms. The van der Waals surface area contributed by atoms with Crippen LogP contribution < -0.4 is 10.4 Å². The maximum Gasteiger partial charge on any atom is 0.422 e. The van der Waals surface area contributed by atoms with Gasteiger partial charge in [-0.15, -0.1) is 0 Å². The largest absolute Gasteiger partial charge is 0.455 e. The molecule has 2 aromatic heterocycles. The van der Waals surface area contributed by atoms with Gasteiger partial charge in [0.25, 0.3) is 6.01 Å². The average molecular weight is 373 g/mol. The summed E-state index contributed by atoms with van der Waals surface area (Å²) in [5, 5.41) is 4.71. The molecule has 0 bridgehead atoms. The lowest BCUT2D eigenvalue weighted by Gasteiger charge is -2.08. The normalized spacial score (nSPS) is 11.9. The summed E-state index contributed by atoms with van der Waals surface area (Å²) < 4.78 is 42.5. The first-order valence-corrected chi connectivity index (χ1v) is 7.63. The Morgan fingerprint density at radius 2 is 1.96 bits per heavy atom. The van der Waals surface area contributed by atoms with Crippen LogP contribution in [0.2, 0.25) is 5.02 Å². The lowest BCUT2D eigenvalue weighted by Crippen LogP contribution is -2.24. The minimum Gasteiger partial charge on any atom is -0.455 e. The van der Waals surface area contributed by atoms with Gasteiger partial charge in [-0.05, 0) is 24.1 Å². The lowest BCUT2D eigenvalue weighted by atomic mass is 10.0. The number of fused-ring (bicyclic) bond motifs is 1. The third-order valence-electron chi connectivity index (χ3n) is 3.39. The predicted octanol–water partition coefficient (Wildman–Crippen LogP) is 3.24. The van der Waals surface area contributed by atoms with Crippen LogP contribution in [-0.2, 0) is 6.42 Å². The molecule has 132 valence electrons. The first-order valence-electron chi connectivity index (χ1n) is 7.26. The fourth-order valence-electron chi connectivity index (χ4n) is 2.34. The summed E-state index contributed by atoms with van der Waals surface area (Å²) in [6, 6.07) is 6.24.